The Morgan fingerprint density at radius 3 is 1.56 bits per heavy atom. The number of carbonyl (C=O) groups is 1. The maximum atomic E-state index is 12.7. The van der Waals surface area contributed by atoms with Crippen LogP contribution in [0.2, 0.25) is 0 Å². The number of nitrogens with two attached hydrogens (primary N) is 1. The van der Waals surface area contributed by atoms with Crippen LogP contribution in [0.25, 0.3) is 0 Å². The van der Waals surface area contributed by atoms with Crippen LogP contribution in [0.3, 0.4) is 0 Å². The monoisotopic (exact) mass is 636 g/mol. The minimum Gasteiger partial charge on any atom is -0.393 e. The van der Waals surface area contributed by atoms with Gasteiger partial charge in [0.2, 0.25) is 5.91 Å². The van der Waals surface area contributed by atoms with Crippen molar-refractivity contribution in [1.29, 1.82) is 0 Å². The molecule has 258 valence electrons. The number of phosphoric acid groups is 1. The third-order valence-electron chi connectivity index (χ3n) is 8.02. The van der Waals surface area contributed by atoms with Crippen LogP contribution in [0.5, 0.6) is 0 Å². The summed E-state index contributed by atoms with van der Waals surface area (Å²) < 4.78 is 21.9. The third-order valence-corrected chi connectivity index (χ3v) is 9.00. The average molecular weight is 637 g/mol. The van der Waals surface area contributed by atoms with Gasteiger partial charge >= 0.3 is 7.82 Å². The predicted octanol–water partition coefficient (Wildman–Crippen LogP) is 7.69. The summed E-state index contributed by atoms with van der Waals surface area (Å²) in [5.74, 6) is -0.416. The standard InChI is InChI=1S/C33H69N2O7P/c1-3-5-7-9-11-12-13-14-15-16-17-19-20-22-24-30(36)28-33(38)35-31(29-42-43(39,40)41-27-26-34)32(37)25-23-21-18-10-8-6-4-2/h30-32,36-37H,3-29,34H2,1-2H3,(H,35,38)(H,39,40). The van der Waals surface area contributed by atoms with Crippen LogP contribution in [0.15, 0.2) is 0 Å². The largest absolute Gasteiger partial charge is 0.472 e. The minimum absolute atomic E-state index is 0.0617. The lowest BCUT2D eigenvalue weighted by molar-refractivity contribution is -0.125. The van der Waals surface area contributed by atoms with Crippen molar-refractivity contribution in [2.75, 3.05) is 19.8 Å². The van der Waals surface area contributed by atoms with Crippen LogP contribution in [-0.4, -0.2) is 59.0 Å². The summed E-state index contributed by atoms with van der Waals surface area (Å²) >= 11 is 0. The van der Waals surface area contributed by atoms with Gasteiger partial charge in [-0.15, -0.1) is 0 Å². The number of carbonyl (C=O) groups excluding carboxylic acids is 1. The molecule has 43 heavy (non-hydrogen) atoms. The molecule has 0 aliphatic rings. The number of aliphatic hydroxyl groups excluding tert-OH is 2. The second kappa shape index (κ2) is 30.1. The Hall–Kier alpha value is -0.540. The molecule has 0 aliphatic heterocycles. The molecule has 0 aromatic rings. The molecule has 0 saturated heterocycles. The molecule has 0 aromatic carbocycles. The lowest BCUT2D eigenvalue weighted by Gasteiger charge is -2.25. The number of rotatable bonds is 33. The quantitative estimate of drug-likeness (QED) is 0.0363. The molecule has 0 saturated carbocycles. The molecule has 0 radical (unpaired) electrons. The van der Waals surface area contributed by atoms with Gasteiger partial charge in [-0.3, -0.25) is 13.8 Å². The van der Waals surface area contributed by atoms with Crippen LogP contribution in [0.1, 0.15) is 168 Å². The van der Waals surface area contributed by atoms with Crippen LogP contribution >= 0.6 is 7.82 Å². The molecular weight excluding hydrogens is 567 g/mol. The summed E-state index contributed by atoms with van der Waals surface area (Å²) in [5.41, 5.74) is 5.32. The Labute approximate surface area is 264 Å². The van der Waals surface area contributed by atoms with E-state index in [1.165, 1.54) is 89.9 Å². The highest BCUT2D eigenvalue weighted by Crippen LogP contribution is 2.43. The number of hydrogen-bond donors (Lipinski definition) is 5. The Bertz CT molecular complexity index is 671. The van der Waals surface area contributed by atoms with Gasteiger partial charge in [0, 0.05) is 6.54 Å². The van der Waals surface area contributed by atoms with Crippen LogP contribution < -0.4 is 11.1 Å². The smallest absolute Gasteiger partial charge is 0.393 e. The summed E-state index contributed by atoms with van der Waals surface area (Å²) in [7, 11) is -4.35. The highest BCUT2D eigenvalue weighted by Gasteiger charge is 2.28. The summed E-state index contributed by atoms with van der Waals surface area (Å²) in [6, 6.07) is -0.886. The van der Waals surface area contributed by atoms with Gasteiger partial charge in [0.15, 0.2) is 0 Å². The first-order valence-electron chi connectivity index (χ1n) is 17.7. The number of nitrogens with one attached hydrogen (secondary N) is 1. The summed E-state index contributed by atoms with van der Waals surface area (Å²) in [6.07, 6.45) is 24.5. The molecule has 0 bridgehead atoms. The third kappa shape index (κ3) is 28.7. The molecule has 10 heteroatoms. The zero-order valence-corrected chi connectivity index (χ0v) is 28.7. The van der Waals surface area contributed by atoms with Crippen LogP contribution in [0.4, 0.5) is 0 Å². The van der Waals surface area contributed by atoms with Crippen molar-refractivity contribution in [1.82, 2.24) is 5.32 Å². The van der Waals surface area contributed by atoms with Gasteiger partial charge in [0.1, 0.15) is 0 Å². The first-order chi connectivity index (χ1) is 20.8. The van der Waals surface area contributed by atoms with E-state index in [2.05, 4.69) is 19.2 Å². The van der Waals surface area contributed by atoms with E-state index in [0.29, 0.717) is 12.8 Å². The van der Waals surface area contributed by atoms with E-state index in [-0.39, 0.29) is 26.2 Å². The number of phosphoric ester groups is 1. The Morgan fingerprint density at radius 1 is 0.698 bits per heavy atom. The molecular formula is C33H69N2O7P. The maximum Gasteiger partial charge on any atom is 0.472 e. The van der Waals surface area contributed by atoms with E-state index >= 15 is 0 Å². The molecule has 1 amide bonds. The molecule has 6 N–H and O–H groups in total. The van der Waals surface area contributed by atoms with E-state index in [1.807, 2.05) is 0 Å². The van der Waals surface area contributed by atoms with Gasteiger partial charge in [-0.1, -0.05) is 149 Å². The van der Waals surface area contributed by atoms with Gasteiger partial charge in [-0.05, 0) is 12.8 Å². The van der Waals surface area contributed by atoms with Crippen molar-refractivity contribution in [2.24, 2.45) is 5.73 Å². The molecule has 0 heterocycles. The Kier molecular flexibility index (Phi) is 29.8. The molecule has 0 spiro atoms. The molecule has 4 unspecified atom stereocenters. The number of amides is 1. The van der Waals surface area contributed by atoms with Crippen molar-refractivity contribution < 1.29 is 33.5 Å². The Morgan fingerprint density at radius 2 is 1.12 bits per heavy atom. The highest BCUT2D eigenvalue weighted by molar-refractivity contribution is 7.47. The average Bonchev–Trinajstić information content (AvgIpc) is 2.97. The molecule has 0 rings (SSSR count). The van der Waals surface area contributed by atoms with Crippen molar-refractivity contribution >= 4 is 13.7 Å². The topological polar surface area (TPSA) is 151 Å². The number of unbranched alkanes of at least 4 members (excludes halogenated alkanes) is 19. The Balaban J connectivity index is 4.28. The number of aliphatic hydroxyl groups is 2. The molecule has 0 fully saturated rings. The van der Waals surface area contributed by atoms with E-state index in [4.69, 9.17) is 14.8 Å². The van der Waals surface area contributed by atoms with Crippen LogP contribution in [0, 0.1) is 0 Å². The van der Waals surface area contributed by atoms with Crippen LogP contribution in [-0.2, 0) is 18.4 Å². The van der Waals surface area contributed by atoms with E-state index in [9.17, 15) is 24.5 Å². The zero-order chi connectivity index (χ0) is 32.0. The van der Waals surface area contributed by atoms with Gasteiger partial charge in [0.05, 0.1) is 37.9 Å². The van der Waals surface area contributed by atoms with Crippen molar-refractivity contribution in [3.8, 4) is 0 Å². The van der Waals surface area contributed by atoms with E-state index in [0.717, 1.165) is 44.9 Å². The molecule has 0 aromatic heterocycles. The first-order valence-corrected chi connectivity index (χ1v) is 19.2. The second-order valence-corrected chi connectivity index (χ2v) is 13.7. The summed E-state index contributed by atoms with van der Waals surface area (Å²) in [5, 5.41) is 23.9. The second-order valence-electron chi connectivity index (χ2n) is 12.3. The van der Waals surface area contributed by atoms with Gasteiger partial charge < -0.3 is 26.2 Å². The molecule has 0 aliphatic carbocycles. The van der Waals surface area contributed by atoms with Crippen molar-refractivity contribution in [3.63, 3.8) is 0 Å². The number of hydrogen-bond acceptors (Lipinski definition) is 7. The van der Waals surface area contributed by atoms with E-state index < -0.39 is 32.0 Å². The van der Waals surface area contributed by atoms with Gasteiger partial charge in [-0.2, -0.15) is 0 Å². The molecule has 9 nitrogen and oxygen atoms in total. The fraction of sp³-hybridized carbons (Fsp3) is 0.970. The normalized spacial score (nSPS) is 15.2. The fourth-order valence-electron chi connectivity index (χ4n) is 5.30. The first kappa shape index (κ1) is 42.5. The fourth-order valence-corrected chi connectivity index (χ4v) is 6.06. The van der Waals surface area contributed by atoms with Gasteiger partial charge in [-0.25, -0.2) is 4.57 Å². The summed E-state index contributed by atoms with van der Waals surface area (Å²) in [6.45, 7) is 3.98. The lowest BCUT2D eigenvalue weighted by atomic mass is 10.0. The lowest BCUT2D eigenvalue weighted by Crippen LogP contribution is -2.47. The van der Waals surface area contributed by atoms with E-state index in [1.54, 1.807) is 0 Å². The van der Waals surface area contributed by atoms with Crippen molar-refractivity contribution in [3.05, 3.63) is 0 Å². The predicted molar refractivity (Wildman–Crippen MR) is 177 cm³/mol. The SMILES string of the molecule is CCCCCCCCCCCCCCCCC(O)CC(=O)NC(COP(=O)(O)OCCN)C(O)CCCCCCCCC. The highest BCUT2D eigenvalue weighted by atomic mass is 31.2. The maximum absolute atomic E-state index is 12.7. The minimum atomic E-state index is -4.35. The van der Waals surface area contributed by atoms with Crippen molar-refractivity contribution in [2.45, 2.75) is 186 Å². The zero-order valence-electron chi connectivity index (χ0n) is 27.8. The molecule has 4 atom stereocenters. The van der Waals surface area contributed by atoms with Gasteiger partial charge in [0.25, 0.3) is 0 Å². The summed E-state index contributed by atoms with van der Waals surface area (Å²) in [4.78, 5) is 22.5.